The zero-order chi connectivity index (χ0) is 15.7. The molecule has 0 saturated heterocycles. The minimum atomic E-state index is -0.264. The summed E-state index contributed by atoms with van der Waals surface area (Å²) in [6.45, 7) is 1.39. The summed E-state index contributed by atoms with van der Waals surface area (Å²) in [6, 6.07) is 10.9. The van der Waals surface area contributed by atoms with E-state index in [4.69, 9.17) is 11.0 Å². The van der Waals surface area contributed by atoms with E-state index in [2.05, 4.69) is 20.6 Å². The number of aromatic nitrogens is 1. The number of amidine groups is 1. The lowest BCUT2D eigenvalue weighted by Gasteiger charge is -2.11. The minimum absolute atomic E-state index is 0.121. The summed E-state index contributed by atoms with van der Waals surface area (Å²) in [5, 5.41) is 14.9. The molecule has 22 heavy (non-hydrogen) atoms. The van der Waals surface area contributed by atoms with Crippen LogP contribution in [0.5, 0.6) is 0 Å². The predicted molar refractivity (Wildman–Crippen MR) is 83.1 cm³/mol. The molecule has 0 atom stereocenters. The third-order valence-corrected chi connectivity index (χ3v) is 3.11. The van der Waals surface area contributed by atoms with Gasteiger partial charge >= 0.3 is 0 Å². The fourth-order valence-electron chi connectivity index (χ4n) is 2.14. The maximum absolute atomic E-state index is 11.4. The van der Waals surface area contributed by atoms with E-state index in [1.165, 1.54) is 6.92 Å². The number of anilines is 3. The number of fused-ring (bicyclic) bond motifs is 2. The van der Waals surface area contributed by atoms with Crippen LogP contribution in [0.25, 0.3) is 0 Å². The number of hydrogen-bond acceptors (Lipinski definition) is 6. The number of pyridine rings is 1. The van der Waals surface area contributed by atoms with Crippen molar-refractivity contribution in [1.29, 1.82) is 5.26 Å². The molecule has 1 amide bonds. The van der Waals surface area contributed by atoms with Gasteiger partial charge in [0.25, 0.3) is 0 Å². The molecule has 0 bridgehead atoms. The van der Waals surface area contributed by atoms with Crippen molar-refractivity contribution in [3.8, 4) is 6.07 Å². The molecule has 4 N–H and O–H groups in total. The van der Waals surface area contributed by atoms with Crippen LogP contribution in [0.2, 0.25) is 0 Å². The number of benzene rings is 1. The third kappa shape index (κ3) is 2.33. The molecule has 1 aromatic heterocycles. The van der Waals surface area contributed by atoms with E-state index in [0.29, 0.717) is 22.9 Å². The number of nitriles is 1. The van der Waals surface area contributed by atoms with E-state index in [1.54, 1.807) is 6.07 Å². The average Bonchev–Trinajstić information content (AvgIpc) is 2.62. The highest BCUT2D eigenvalue weighted by molar-refractivity contribution is 6.13. The van der Waals surface area contributed by atoms with Gasteiger partial charge in [0.15, 0.2) is 0 Å². The van der Waals surface area contributed by atoms with Crippen molar-refractivity contribution in [3.63, 3.8) is 0 Å². The molecule has 7 nitrogen and oxygen atoms in total. The first-order valence-electron chi connectivity index (χ1n) is 6.52. The lowest BCUT2D eigenvalue weighted by atomic mass is 10.1. The molecule has 1 aliphatic heterocycles. The number of carbonyl (C=O) groups excluding carboxylic acids is 1. The average molecular weight is 292 g/mol. The second kappa shape index (κ2) is 5.18. The number of nitrogens with one attached hydrogen (secondary N) is 2. The molecular weight excluding hydrogens is 280 g/mol. The van der Waals surface area contributed by atoms with Crippen LogP contribution in [0.1, 0.15) is 18.1 Å². The lowest BCUT2D eigenvalue weighted by Crippen LogP contribution is -2.29. The summed E-state index contributed by atoms with van der Waals surface area (Å²) in [5.74, 6) is 0.618. The maximum Gasteiger partial charge on any atom is 0.222 e. The highest BCUT2D eigenvalue weighted by Gasteiger charge is 2.20. The maximum atomic E-state index is 11.4. The third-order valence-electron chi connectivity index (χ3n) is 3.11. The van der Waals surface area contributed by atoms with Crippen LogP contribution in [0.3, 0.4) is 0 Å². The van der Waals surface area contributed by atoms with Crippen molar-refractivity contribution in [2.75, 3.05) is 11.1 Å². The fraction of sp³-hybridized carbons (Fsp3) is 0.0667. The van der Waals surface area contributed by atoms with Gasteiger partial charge in [0.1, 0.15) is 23.5 Å². The molecule has 1 aliphatic rings. The van der Waals surface area contributed by atoms with Crippen molar-refractivity contribution in [1.82, 2.24) is 10.3 Å². The Morgan fingerprint density at radius 1 is 1.41 bits per heavy atom. The standard InChI is InChI=1S/C15H12N6O/c1-8(22)18-14-10-6-9(7-16)13(17)21-15(10)20-12-5-3-2-4-11(12)19-14/h2-6H,1H3,(H3,17,20,21)(H,18,19,22). The summed E-state index contributed by atoms with van der Waals surface area (Å²) in [6.07, 6.45) is 0. The molecular formula is C15H12N6O. The number of nitrogens with two attached hydrogens (primary N) is 1. The predicted octanol–water partition coefficient (Wildman–Crippen LogP) is 1.81. The lowest BCUT2D eigenvalue weighted by molar-refractivity contribution is -0.117. The van der Waals surface area contributed by atoms with Gasteiger partial charge in [-0.2, -0.15) is 5.26 Å². The van der Waals surface area contributed by atoms with E-state index in [-0.39, 0.29) is 17.3 Å². The normalized spacial score (nSPS) is 11.9. The molecule has 108 valence electrons. The van der Waals surface area contributed by atoms with E-state index < -0.39 is 0 Å². The van der Waals surface area contributed by atoms with Crippen molar-refractivity contribution in [3.05, 3.63) is 41.5 Å². The van der Waals surface area contributed by atoms with Crippen molar-refractivity contribution < 1.29 is 4.79 Å². The van der Waals surface area contributed by atoms with Gasteiger partial charge in [-0.05, 0) is 18.2 Å². The van der Waals surface area contributed by atoms with E-state index in [9.17, 15) is 4.79 Å². The van der Waals surface area contributed by atoms with Crippen LogP contribution in [0, 0.1) is 11.3 Å². The van der Waals surface area contributed by atoms with Gasteiger partial charge in [0.05, 0.1) is 22.5 Å². The molecule has 2 heterocycles. The van der Waals surface area contributed by atoms with Gasteiger partial charge in [0.2, 0.25) is 5.91 Å². The number of nitrogens with zero attached hydrogens (tertiary/aromatic N) is 3. The summed E-state index contributed by atoms with van der Waals surface area (Å²) in [4.78, 5) is 20.1. The minimum Gasteiger partial charge on any atom is -0.383 e. The van der Waals surface area contributed by atoms with E-state index in [0.717, 1.165) is 5.69 Å². The first kappa shape index (κ1) is 13.6. The Hall–Kier alpha value is -3.40. The SMILES string of the molecule is CC(=O)NC1=Nc2ccccc2Nc2nc(N)c(C#N)cc21. The number of hydrogen-bond donors (Lipinski definition) is 3. The van der Waals surface area contributed by atoms with E-state index in [1.807, 2.05) is 30.3 Å². The van der Waals surface area contributed by atoms with Crippen LogP contribution in [-0.4, -0.2) is 16.7 Å². The zero-order valence-electron chi connectivity index (χ0n) is 11.7. The summed E-state index contributed by atoms with van der Waals surface area (Å²) in [7, 11) is 0. The summed E-state index contributed by atoms with van der Waals surface area (Å²) < 4.78 is 0. The quantitative estimate of drug-likeness (QED) is 0.684. The summed E-state index contributed by atoms with van der Waals surface area (Å²) >= 11 is 0. The number of nitrogen functional groups attached to an aromatic ring is 1. The van der Waals surface area contributed by atoms with Crippen molar-refractivity contribution in [2.24, 2.45) is 4.99 Å². The first-order chi connectivity index (χ1) is 10.6. The van der Waals surface area contributed by atoms with Gasteiger partial charge in [0, 0.05) is 6.92 Å². The molecule has 0 spiro atoms. The smallest absolute Gasteiger partial charge is 0.222 e. The molecule has 3 rings (SSSR count). The Kier molecular flexibility index (Phi) is 3.20. The second-order valence-electron chi connectivity index (χ2n) is 4.71. The monoisotopic (exact) mass is 292 g/mol. The fourth-order valence-corrected chi connectivity index (χ4v) is 2.14. The Balaban J connectivity index is 2.25. The number of rotatable bonds is 0. The van der Waals surface area contributed by atoms with Crippen LogP contribution in [-0.2, 0) is 4.79 Å². The molecule has 0 radical (unpaired) electrons. The Labute approximate surface area is 126 Å². The summed E-state index contributed by atoms with van der Waals surface area (Å²) in [5.41, 5.74) is 7.90. The molecule has 1 aromatic carbocycles. The van der Waals surface area contributed by atoms with Crippen LogP contribution >= 0.6 is 0 Å². The Morgan fingerprint density at radius 3 is 2.91 bits per heavy atom. The second-order valence-corrected chi connectivity index (χ2v) is 4.71. The molecule has 0 saturated carbocycles. The zero-order valence-corrected chi connectivity index (χ0v) is 11.7. The Morgan fingerprint density at radius 2 is 2.18 bits per heavy atom. The van der Waals surface area contributed by atoms with Gasteiger partial charge < -0.3 is 16.4 Å². The van der Waals surface area contributed by atoms with Gasteiger partial charge in [-0.25, -0.2) is 9.98 Å². The van der Waals surface area contributed by atoms with Crippen molar-refractivity contribution in [2.45, 2.75) is 6.92 Å². The highest BCUT2D eigenvalue weighted by atomic mass is 16.1. The largest absolute Gasteiger partial charge is 0.383 e. The van der Waals surface area contributed by atoms with Gasteiger partial charge in [-0.1, -0.05) is 12.1 Å². The van der Waals surface area contributed by atoms with Gasteiger partial charge in [-0.15, -0.1) is 0 Å². The van der Waals surface area contributed by atoms with Gasteiger partial charge in [-0.3, -0.25) is 4.79 Å². The Bertz CT molecular complexity index is 850. The molecule has 0 fully saturated rings. The number of para-hydroxylation sites is 2. The van der Waals surface area contributed by atoms with Crippen LogP contribution in [0.4, 0.5) is 23.0 Å². The highest BCUT2D eigenvalue weighted by Crippen LogP contribution is 2.33. The van der Waals surface area contributed by atoms with Crippen LogP contribution < -0.4 is 16.4 Å². The number of amides is 1. The number of carbonyl (C=O) groups is 1. The van der Waals surface area contributed by atoms with Crippen molar-refractivity contribution >= 4 is 34.8 Å². The molecule has 2 aromatic rings. The molecule has 0 aliphatic carbocycles. The first-order valence-corrected chi connectivity index (χ1v) is 6.52. The van der Waals surface area contributed by atoms with Crippen LogP contribution in [0.15, 0.2) is 35.3 Å². The molecule has 7 heteroatoms. The molecule has 0 unspecified atom stereocenters. The number of aliphatic imine (C=N–C) groups is 1. The van der Waals surface area contributed by atoms with E-state index >= 15 is 0 Å². The topological polar surface area (TPSA) is 116 Å².